The second-order valence-corrected chi connectivity index (χ2v) is 5.49. The average molecular weight is 207 g/mol. The van der Waals surface area contributed by atoms with Gasteiger partial charge in [0.15, 0.2) is 0 Å². The van der Waals surface area contributed by atoms with Crippen LogP contribution in [0.25, 0.3) is 0 Å². The Labute approximate surface area is 87.5 Å². The minimum atomic E-state index is -0.760. The number of aliphatic hydroxyl groups is 1. The van der Waals surface area contributed by atoms with Gasteiger partial charge in [-0.2, -0.15) is 0 Å². The van der Waals surface area contributed by atoms with Crippen molar-refractivity contribution in [3.05, 3.63) is 0 Å². The molecule has 0 saturated heterocycles. The maximum atomic E-state index is 10.0. The van der Waals surface area contributed by atoms with Crippen molar-refractivity contribution < 1.29 is 5.11 Å². The van der Waals surface area contributed by atoms with Crippen LogP contribution in [-0.4, -0.2) is 16.6 Å². The molecule has 0 aromatic carbocycles. The molecule has 1 nitrogen and oxygen atoms in total. The Bertz CT molecular complexity index is 150. The second-order valence-electron chi connectivity index (χ2n) is 5.22. The summed E-state index contributed by atoms with van der Waals surface area (Å²) in [7, 11) is 0. The maximum Gasteiger partial charge on any atom is 0.0805 e. The molecule has 0 rings (SSSR count). The number of alkyl halides is 1. The third kappa shape index (κ3) is 3.86. The lowest BCUT2D eigenvalue weighted by molar-refractivity contribution is -0.0385. The highest BCUT2D eigenvalue weighted by Gasteiger charge is 2.37. The number of rotatable bonds is 5. The fourth-order valence-corrected chi connectivity index (χ4v) is 1.46. The SMILES string of the molecule is CC(C)CCC(C)(C)C(C)(O)CCl. The normalized spacial score (nSPS) is 17.5. The number of hydrogen-bond donors (Lipinski definition) is 1. The van der Waals surface area contributed by atoms with E-state index in [1.165, 1.54) is 0 Å². The Balaban J connectivity index is 4.22. The molecule has 0 aromatic rings. The Morgan fingerprint density at radius 3 is 2.00 bits per heavy atom. The fourth-order valence-electron chi connectivity index (χ4n) is 1.10. The monoisotopic (exact) mass is 206 g/mol. The molecule has 2 heteroatoms. The van der Waals surface area contributed by atoms with Crippen molar-refractivity contribution in [2.45, 2.75) is 53.1 Å². The van der Waals surface area contributed by atoms with Crippen molar-refractivity contribution in [3.63, 3.8) is 0 Å². The predicted octanol–water partition coefficient (Wildman–Crippen LogP) is 3.44. The van der Waals surface area contributed by atoms with Gasteiger partial charge in [0.05, 0.1) is 11.5 Å². The highest BCUT2D eigenvalue weighted by molar-refractivity contribution is 6.18. The maximum absolute atomic E-state index is 10.0. The van der Waals surface area contributed by atoms with Gasteiger partial charge in [0.1, 0.15) is 0 Å². The quantitative estimate of drug-likeness (QED) is 0.684. The van der Waals surface area contributed by atoms with E-state index in [4.69, 9.17) is 11.6 Å². The molecule has 0 amide bonds. The lowest BCUT2D eigenvalue weighted by atomic mass is 9.73. The summed E-state index contributed by atoms with van der Waals surface area (Å²) < 4.78 is 0. The zero-order chi connectivity index (χ0) is 10.7. The molecule has 0 aliphatic rings. The number of hydrogen-bond acceptors (Lipinski definition) is 1. The van der Waals surface area contributed by atoms with E-state index in [0.717, 1.165) is 12.8 Å². The van der Waals surface area contributed by atoms with E-state index in [9.17, 15) is 5.11 Å². The van der Waals surface area contributed by atoms with Gasteiger partial charge in [-0.3, -0.25) is 0 Å². The van der Waals surface area contributed by atoms with Gasteiger partial charge in [-0.1, -0.05) is 34.1 Å². The van der Waals surface area contributed by atoms with Crippen molar-refractivity contribution in [3.8, 4) is 0 Å². The van der Waals surface area contributed by atoms with E-state index in [1.807, 2.05) is 6.92 Å². The van der Waals surface area contributed by atoms with Crippen LogP contribution in [0.1, 0.15) is 47.5 Å². The first-order valence-electron chi connectivity index (χ1n) is 5.01. The first-order chi connectivity index (χ1) is 5.73. The van der Waals surface area contributed by atoms with Crippen LogP contribution in [0.15, 0.2) is 0 Å². The summed E-state index contributed by atoms with van der Waals surface area (Å²) in [5.74, 6) is 0.989. The zero-order valence-corrected chi connectivity index (χ0v) is 10.3. The van der Waals surface area contributed by atoms with Gasteiger partial charge in [0.25, 0.3) is 0 Å². The molecule has 0 spiro atoms. The summed E-state index contributed by atoms with van der Waals surface area (Å²) in [6.07, 6.45) is 2.16. The van der Waals surface area contributed by atoms with Crippen LogP contribution in [0.3, 0.4) is 0 Å². The van der Waals surface area contributed by atoms with Gasteiger partial charge in [-0.25, -0.2) is 0 Å². The van der Waals surface area contributed by atoms with E-state index in [0.29, 0.717) is 11.8 Å². The topological polar surface area (TPSA) is 20.2 Å². The van der Waals surface area contributed by atoms with Crippen molar-refractivity contribution in [2.75, 3.05) is 5.88 Å². The Kier molecular flexibility index (Phi) is 4.74. The molecule has 0 radical (unpaired) electrons. The standard InChI is InChI=1S/C11H23ClO/c1-9(2)6-7-10(3,4)11(5,13)8-12/h9,13H,6-8H2,1-5H3. The molecule has 13 heavy (non-hydrogen) atoms. The summed E-state index contributed by atoms with van der Waals surface area (Å²) in [6, 6.07) is 0. The number of halogens is 1. The highest BCUT2D eigenvalue weighted by Crippen LogP contribution is 2.37. The van der Waals surface area contributed by atoms with Crippen molar-refractivity contribution in [2.24, 2.45) is 11.3 Å². The van der Waals surface area contributed by atoms with Gasteiger partial charge in [-0.05, 0) is 24.7 Å². The van der Waals surface area contributed by atoms with Gasteiger partial charge in [0.2, 0.25) is 0 Å². The second kappa shape index (κ2) is 4.65. The third-order valence-electron chi connectivity index (χ3n) is 3.06. The van der Waals surface area contributed by atoms with Crippen LogP contribution < -0.4 is 0 Å². The molecule has 80 valence electrons. The molecule has 0 aliphatic carbocycles. The minimum Gasteiger partial charge on any atom is -0.388 e. The van der Waals surface area contributed by atoms with E-state index in [2.05, 4.69) is 27.7 Å². The van der Waals surface area contributed by atoms with Crippen molar-refractivity contribution in [1.82, 2.24) is 0 Å². The summed E-state index contributed by atoms with van der Waals surface area (Å²) in [5, 5.41) is 10.0. The summed E-state index contributed by atoms with van der Waals surface area (Å²) in [6.45, 7) is 10.4. The molecular formula is C11H23ClO. The van der Waals surface area contributed by atoms with Crippen LogP contribution >= 0.6 is 11.6 Å². The van der Waals surface area contributed by atoms with Crippen LogP contribution in [0, 0.1) is 11.3 Å². The predicted molar refractivity (Wildman–Crippen MR) is 59.2 cm³/mol. The van der Waals surface area contributed by atoms with E-state index >= 15 is 0 Å². The molecule has 1 unspecified atom stereocenters. The first-order valence-corrected chi connectivity index (χ1v) is 5.55. The van der Waals surface area contributed by atoms with E-state index < -0.39 is 5.60 Å². The molecule has 1 N–H and O–H groups in total. The lowest BCUT2D eigenvalue weighted by Gasteiger charge is -2.39. The molecule has 1 atom stereocenters. The van der Waals surface area contributed by atoms with Gasteiger partial charge in [0, 0.05) is 0 Å². The molecule has 0 bridgehead atoms. The molecule has 0 aromatic heterocycles. The molecule has 0 heterocycles. The van der Waals surface area contributed by atoms with Crippen molar-refractivity contribution >= 4 is 11.6 Å². The lowest BCUT2D eigenvalue weighted by Crippen LogP contribution is -2.43. The summed E-state index contributed by atoms with van der Waals surface area (Å²) in [4.78, 5) is 0. The van der Waals surface area contributed by atoms with Crippen LogP contribution in [-0.2, 0) is 0 Å². The minimum absolute atomic E-state index is 0.0982. The van der Waals surface area contributed by atoms with E-state index in [1.54, 1.807) is 0 Å². The largest absolute Gasteiger partial charge is 0.388 e. The smallest absolute Gasteiger partial charge is 0.0805 e. The summed E-state index contributed by atoms with van der Waals surface area (Å²) in [5.41, 5.74) is -0.859. The first kappa shape index (κ1) is 13.2. The van der Waals surface area contributed by atoms with Crippen LogP contribution in [0.2, 0.25) is 0 Å². The zero-order valence-electron chi connectivity index (χ0n) is 9.52. The molecule has 0 fully saturated rings. The Morgan fingerprint density at radius 1 is 1.23 bits per heavy atom. The Hall–Kier alpha value is 0.250. The fraction of sp³-hybridized carbons (Fsp3) is 1.00. The highest BCUT2D eigenvalue weighted by atomic mass is 35.5. The summed E-state index contributed by atoms with van der Waals surface area (Å²) >= 11 is 5.74. The van der Waals surface area contributed by atoms with Crippen LogP contribution in [0.5, 0.6) is 0 Å². The van der Waals surface area contributed by atoms with Gasteiger partial charge in [-0.15, -0.1) is 11.6 Å². The average Bonchev–Trinajstić information content (AvgIpc) is 2.01. The van der Waals surface area contributed by atoms with Crippen LogP contribution in [0.4, 0.5) is 0 Å². The van der Waals surface area contributed by atoms with E-state index in [-0.39, 0.29) is 5.41 Å². The van der Waals surface area contributed by atoms with Gasteiger partial charge < -0.3 is 5.11 Å². The molecular weight excluding hydrogens is 184 g/mol. The molecule has 0 saturated carbocycles. The Morgan fingerprint density at radius 2 is 1.69 bits per heavy atom. The van der Waals surface area contributed by atoms with Crippen molar-refractivity contribution in [1.29, 1.82) is 0 Å². The molecule has 0 aliphatic heterocycles. The van der Waals surface area contributed by atoms with Gasteiger partial charge >= 0.3 is 0 Å². The third-order valence-corrected chi connectivity index (χ3v) is 3.59.